The molecule has 0 saturated heterocycles. The predicted octanol–water partition coefficient (Wildman–Crippen LogP) is 4.78. The number of aryl methyl sites for hydroxylation is 1. The van der Waals surface area contributed by atoms with Crippen molar-refractivity contribution in [1.29, 1.82) is 0 Å². The molecule has 6 nitrogen and oxygen atoms in total. The first-order chi connectivity index (χ1) is 14.7. The molecule has 3 aromatic heterocycles. The van der Waals surface area contributed by atoms with Gasteiger partial charge in [0.15, 0.2) is 0 Å². The normalized spacial score (nSPS) is 10.9. The van der Waals surface area contributed by atoms with Gasteiger partial charge in [-0.15, -0.1) is 11.3 Å². The summed E-state index contributed by atoms with van der Waals surface area (Å²) in [5.74, 6) is 0.822. The van der Waals surface area contributed by atoms with Gasteiger partial charge in [-0.25, -0.2) is 9.97 Å². The smallest absolute Gasteiger partial charge is 0.313 e. The highest BCUT2D eigenvalue weighted by molar-refractivity contribution is 7.19. The number of anilines is 1. The number of carbonyl (C=O) groups excluding carboxylic acids is 1. The predicted molar refractivity (Wildman–Crippen MR) is 119 cm³/mol. The standard InChI is InChI=1S/C23H22N4O2S/c1-3-29-19(28)13-18-26-22(25-14-17-11-7-8-12-24-17)21-20(15(2)30-23(21)27-18)16-9-5-4-6-10-16/h4-12H,3,13-14H2,1-2H3,(H,25,26,27). The summed E-state index contributed by atoms with van der Waals surface area (Å²) in [6.45, 7) is 4.73. The van der Waals surface area contributed by atoms with E-state index in [-0.39, 0.29) is 12.4 Å². The van der Waals surface area contributed by atoms with Crippen LogP contribution in [-0.4, -0.2) is 27.5 Å². The van der Waals surface area contributed by atoms with Crippen LogP contribution < -0.4 is 5.32 Å². The van der Waals surface area contributed by atoms with E-state index >= 15 is 0 Å². The molecule has 0 amide bonds. The zero-order valence-corrected chi connectivity index (χ0v) is 17.7. The van der Waals surface area contributed by atoms with Crippen LogP contribution in [0.5, 0.6) is 0 Å². The van der Waals surface area contributed by atoms with Crippen LogP contribution in [0.4, 0.5) is 5.82 Å². The van der Waals surface area contributed by atoms with Gasteiger partial charge in [0.05, 0.1) is 24.2 Å². The number of hydrogen-bond donors (Lipinski definition) is 1. The monoisotopic (exact) mass is 418 g/mol. The first-order valence-corrected chi connectivity index (χ1v) is 10.6. The number of fused-ring (bicyclic) bond motifs is 1. The molecule has 0 bridgehead atoms. The van der Waals surface area contributed by atoms with Crippen LogP contribution in [0.3, 0.4) is 0 Å². The summed E-state index contributed by atoms with van der Waals surface area (Å²) >= 11 is 1.61. The zero-order valence-electron chi connectivity index (χ0n) is 16.9. The maximum Gasteiger partial charge on any atom is 0.313 e. The van der Waals surface area contributed by atoms with Crippen molar-refractivity contribution in [1.82, 2.24) is 15.0 Å². The van der Waals surface area contributed by atoms with Crippen molar-refractivity contribution in [3.05, 3.63) is 71.1 Å². The maximum absolute atomic E-state index is 12.0. The van der Waals surface area contributed by atoms with E-state index in [1.165, 1.54) is 0 Å². The largest absolute Gasteiger partial charge is 0.466 e. The molecule has 7 heteroatoms. The maximum atomic E-state index is 12.0. The van der Waals surface area contributed by atoms with Gasteiger partial charge in [-0.2, -0.15) is 0 Å². The van der Waals surface area contributed by atoms with E-state index in [4.69, 9.17) is 9.72 Å². The third-order valence-electron chi connectivity index (χ3n) is 4.61. The first-order valence-electron chi connectivity index (χ1n) is 9.80. The van der Waals surface area contributed by atoms with E-state index in [0.29, 0.717) is 24.8 Å². The number of carbonyl (C=O) groups is 1. The second-order valence-electron chi connectivity index (χ2n) is 6.72. The lowest BCUT2D eigenvalue weighted by Gasteiger charge is -2.11. The lowest BCUT2D eigenvalue weighted by molar-refractivity contribution is -0.142. The van der Waals surface area contributed by atoms with E-state index in [2.05, 4.69) is 34.3 Å². The fraction of sp³-hybridized carbons (Fsp3) is 0.217. The van der Waals surface area contributed by atoms with Gasteiger partial charge in [0.25, 0.3) is 0 Å². The molecule has 30 heavy (non-hydrogen) atoms. The topological polar surface area (TPSA) is 77.0 Å². The van der Waals surface area contributed by atoms with E-state index in [1.54, 1.807) is 24.5 Å². The van der Waals surface area contributed by atoms with E-state index in [9.17, 15) is 4.79 Å². The molecular formula is C23H22N4O2S. The fourth-order valence-electron chi connectivity index (χ4n) is 3.33. The highest BCUT2D eigenvalue weighted by Gasteiger charge is 2.19. The van der Waals surface area contributed by atoms with Crippen LogP contribution in [0, 0.1) is 6.92 Å². The SMILES string of the molecule is CCOC(=O)Cc1nc(NCc2ccccn2)c2c(-c3ccccc3)c(C)sc2n1. The average Bonchev–Trinajstić information content (AvgIpc) is 3.09. The van der Waals surface area contributed by atoms with Crippen molar-refractivity contribution >= 4 is 33.3 Å². The van der Waals surface area contributed by atoms with Crippen LogP contribution >= 0.6 is 11.3 Å². The van der Waals surface area contributed by atoms with E-state index in [0.717, 1.165) is 31.9 Å². The molecule has 1 N–H and O–H groups in total. The Balaban J connectivity index is 1.80. The van der Waals surface area contributed by atoms with E-state index in [1.807, 2.05) is 36.4 Å². The zero-order chi connectivity index (χ0) is 20.9. The Kier molecular flexibility index (Phi) is 5.99. The van der Waals surface area contributed by atoms with Gasteiger partial charge in [0.1, 0.15) is 22.9 Å². The molecule has 0 aliphatic rings. The van der Waals surface area contributed by atoms with Gasteiger partial charge in [-0.1, -0.05) is 36.4 Å². The third kappa shape index (κ3) is 4.31. The number of esters is 1. The summed E-state index contributed by atoms with van der Waals surface area (Å²) in [4.78, 5) is 27.7. The van der Waals surface area contributed by atoms with Crippen LogP contribution in [-0.2, 0) is 22.5 Å². The Morgan fingerprint density at radius 1 is 1.10 bits per heavy atom. The van der Waals surface area contributed by atoms with Crippen LogP contribution in [0.25, 0.3) is 21.3 Å². The van der Waals surface area contributed by atoms with Crippen molar-refractivity contribution < 1.29 is 9.53 Å². The molecule has 0 fully saturated rings. The summed E-state index contributed by atoms with van der Waals surface area (Å²) in [7, 11) is 0. The van der Waals surface area contributed by atoms with E-state index < -0.39 is 0 Å². The minimum Gasteiger partial charge on any atom is -0.466 e. The van der Waals surface area contributed by atoms with Crippen LogP contribution in [0.2, 0.25) is 0 Å². The van der Waals surface area contributed by atoms with Gasteiger partial charge < -0.3 is 10.1 Å². The van der Waals surface area contributed by atoms with Crippen molar-refractivity contribution in [2.45, 2.75) is 26.8 Å². The minimum absolute atomic E-state index is 0.0413. The number of rotatable bonds is 7. The van der Waals surface area contributed by atoms with Crippen molar-refractivity contribution in [2.24, 2.45) is 0 Å². The van der Waals surface area contributed by atoms with Crippen LogP contribution in [0.1, 0.15) is 23.3 Å². The molecule has 152 valence electrons. The molecule has 0 unspecified atom stereocenters. The van der Waals surface area contributed by atoms with Crippen molar-refractivity contribution in [2.75, 3.05) is 11.9 Å². The molecule has 0 aliphatic carbocycles. The number of aromatic nitrogens is 3. The Hall–Kier alpha value is -3.32. The molecule has 0 aliphatic heterocycles. The number of thiophene rings is 1. The van der Waals surface area contributed by atoms with Crippen molar-refractivity contribution in [3.8, 4) is 11.1 Å². The highest BCUT2D eigenvalue weighted by atomic mass is 32.1. The molecule has 3 heterocycles. The summed E-state index contributed by atoms with van der Waals surface area (Å²) in [5, 5.41) is 4.38. The molecule has 4 rings (SSSR count). The number of benzene rings is 1. The summed E-state index contributed by atoms with van der Waals surface area (Å²) in [5.41, 5.74) is 3.13. The molecule has 0 radical (unpaired) electrons. The van der Waals surface area contributed by atoms with Gasteiger partial charge in [-0.3, -0.25) is 9.78 Å². The molecule has 0 atom stereocenters. The first kappa shape index (κ1) is 20.0. The fourth-order valence-corrected chi connectivity index (χ4v) is 4.40. The number of ether oxygens (including phenoxy) is 1. The molecule has 0 spiro atoms. The lowest BCUT2D eigenvalue weighted by atomic mass is 10.0. The molecule has 1 aromatic carbocycles. The molecule has 0 saturated carbocycles. The average molecular weight is 419 g/mol. The second-order valence-corrected chi connectivity index (χ2v) is 7.93. The van der Waals surface area contributed by atoms with Crippen LogP contribution in [0.15, 0.2) is 54.7 Å². The second kappa shape index (κ2) is 9.00. The number of pyridine rings is 1. The molecular weight excluding hydrogens is 396 g/mol. The highest BCUT2D eigenvalue weighted by Crippen LogP contribution is 2.40. The van der Waals surface area contributed by atoms with Gasteiger partial charge in [0, 0.05) is 16.6 Å². The number of hydrogen-bond acceptors (Lipinski definition) is 7. The Morgan fingerprint density at radius 3 is 2.63 bits per heavy atom. The van der Waals surface area contributed by atoms with Gasteiger partial charge in [0.2, 0.25) is 0 Å². The Labute approximate surface area is 179 Å². The van der Waals surface area contributed by atoms with Gasteiger partial charge >= 0.3 is 5.97 Å². The van der Waals surface area contributed by atoms with Gasteiger partial charge in [-0.05, 0) is 31.5 Å². The summed E-state index contributed by atoms with van der Waals surface area (Å²) in [6, 6.07) is 16.0. The Bertz CT molecular complexity index is 1160. The quantitative estimate of drug-likeness (QED) is 0.435. The van der Waals surface area contributed by atoms with Crippen molar-refractivity contribution in [3.63, 3.8) is 0 Å². The third-order valence-corrected chi connectivity index (χ3v) is 5.61. The summed E-state index contributed by atoms with van der Waals surface area (Å²) < 4.78 is 5.08. The Morgan fingerprint density at radius 2 is 1.90 bits per heavy atom. The number of nitrogens with zero attached hydrogens (tertiary/aromatic N) is 3. The lowest BCUT2D eigenvalue weighted by Crippen LogP contribution is -2.12. The minimum atomic E-state index is -0.330. The summed E-state index contributed by atoms with van der Waals surface area (Å²) in [6.07, 6.45) is 1.81. The number of nitrogens with one attached hydrogen (secondary N) is 1. The molecule has 4 aromatic rings.